The average Bonchev–Trinajstić information content (AvgIpc) is 2.78. The number of ketones is 1. The molecule has 0 heterocycles. The van der Waals surface area contributed by atoms with E-state index >= 15 is 0 Å². The van der Waals surface area contributed by atoms with Crippen molar-refractivity contribution >= 4 is 29.4 Å². The molecule has 0 fully saturated rings. The molecule has 3 aromatic rings. The first-order chi connectivity index (χ1) is 14.5. The first kappa shape index (κ1) is 21.3. The van der Waals surface area contributed by atoms with Crippen molar-refractivity contribution < 1.29 is 19.1 Å². The minimum absolute atomic E-state index is 0.239. The summed E-state index contributed by atoms with van der Waals surface area (Å²) in [5.41, 5.74) is 2.22. The Morgan fingerprint density at radius 3 is 2.30 bits per heavy atom. The number of ether oxygens (including phenoxy) is 2. The molecule has 0 unspecified atom stereocenters. The average molecular weight is 421 g/mol. The van der Waals surface area contributed by atoms with Gasteiger partial charge in [-0.05, 0) is 36.8 Å². The highest BCUT2D eigenvalue weighted by atomic mass is 35.5. The summed E-state index contributed by atoms with van der Waals surface area (Å²) in [6, 6.07) is 23.5. The van der Waals surface area contributed by atoms with E-state index in [1.54, 1.807) is 37.3 Å². The molecule has 0 aliphatic heterocycles. The van der Waals surface area contributed by atoms with Gasteiger partial charge in [0.1, 0.15) is 12.4 Å². The minimum atomic E-state index is -0.856. The quantitative estimate of drug-likeness (QED) is 0.264. The number of esters is 1. The van der Waals surface area contributed by atoms with Crippen molar-refractivity contribution in [1.82, 2.24) is 0 Å². The Kier molecular flexibility index (Phi) is 7.41. The van der Waals surface area contributed by atoms with Crippen LogP contribution >= 0.6 is 11.6 Å². The molecule has 3 rings (SSSR count). The summed E-state index contributed by atoms with van der Waals surface area (Å²) in [6.45, 7) is 1.93. The van der Waals surface area contributed by atoms with E-state index < -0.39 is 12.1 Å². The number of carbonyl (C=O) groups excluding carboxylic acids is 2. The summed E-state index contributed by atoms with van der Waals surface area (Å²) < 4.78 is 10.9. The van der Waals surface area contributed by atoms with E-state index in [2.05, 4.69) is 0 Å². The van der Waals surface area contributed by atoms with Crippen LogP contribution in [-0.2, 0) is 16.1 Å². The molecule has 0 bridgehead atoms. The predicted molar refractivity (Wildman–Crippen MR) is 118 cm³/mol. The predicted octanol–water partition coefficient (Wildman–Crippen LogP) is 5.75. The van der Waals surface area contributed by atoms with Crippen LogP contribution in [0.3, 0.4) is 0 Å². The zero-order chi connectivity index (χ0) is 21.3. The lowest BCUT2D eigenvalue weighted by atomic mass is 10.1. The molecule has 30 heavy (non-hydrogen) atoms. The fourth-order valence-corrected chi connectivity index (χ4v) is 2.91. The number of hydrogen-bond acceptors (Lipinski definition) is 4. The molecule has 0 saturated heterocycles. The van der Waals surface area contributed by atoms with Crippen LogP contribution in [0.25, 0.3) is 6.08 Å². The van der Waals surface area contributed by atoms with E-state index in [0.717, 1.165) is 11.1 Å². The summed E-state index contributed by atoms with van der Waals surface area (Å²) in [5.74, 6) is -0.125. The van der Waals surface area contributed by atoms with Crippen molar-refractivity contribution in [2.75, 3.05) is 0 Å². The molecule has 1 atom stereocenters. The van der Waals surface area contributed by atoms with Gasteiger partial charge < -0.3 is 9.47 Å². The molecule has 0 aromatic heterocycles. The fourth-order valence-electron chi connectivity index (χ4n) is 2.72. The second-order valence-electron chi connectivity index (χ2n) is 6.59. The number of benzene rings is 3. The lowest BCUT2D eigenvalue weighted by molar-refractivity contribution is -0.140. The van der Waals surface area contributed by atoms with Gasteiger partial charge in [-0.1, -0.05) is 72.3 Å². The van der Waals surface area contributed by atoms with Crippen molar-refractivity contribution in [2.45, 2.75) is 19.6 Å². The Labute approximate surface area is 180 Å². The van der Waals surface area contributed by atoms with Crippen LogP contribution < -0.4 is 4.74 Å². The SMILES string of the molecule is C[C@@H](OC(=O)/C=C/c1ccc(OCc2ccccc2Cl)cc1)C(=O)c1ccccc1. The molecule has 0 N–H and O–H groups in total. The van der Waals surface area contributed by atoms with Crippen LogP contribution in [0.1, 0.15) is 28.4 Å². The van der Waals surface area contributed by atoms with E-state index in [9.17, 15) is 9.59 Å². The molecule has 0 amide bonds. The number of Topliss-reactive ketones (excluding diaryl/α,β-unsaturated/α-hetero) is 1. The van der Waals surface area contributed by atoms with Crippen LogP contribution in [0, 0.1) is 0 Å². The Morgan fingerprint density at radius 2 is 1.60 bits per heavy atom. The van der Waals surface area contributed by atoms with Gasteiger partial charge in [-0.2, -0.15) is 0 Å². The van der Waals surface area contributed by atoms with E-state index in [4.69, 9.17) is 21.1 Å². The van der Waals surface area contributed by atoms with E-state index in [-0.39, 0.29) is 5.78 Å². The maximum atomic E-state index is 12.3. The van der Waals surface area contributed by atoms with Crippen molar-refractivity contribution in [3.8, 4) is 5.75 Å². The summed E-state index contributed by atoms with van der Waals surface area (Å²) in [7, 11) is 0. The Balaban J connectivity index is 1.51. The topological polar surface area (TPSA) is 52.6 Å². The molecule has 152 valence electrons. The fraction of sp³-hybridized carbons (Fsp3) is 0.120. The van der Waals surface area contributed by atoms with Crippen LogP contribution in [0.4, 0.5) is 0 Å². The van der Waals surface area contributed by atoms with Gasteiger partial charge in [0, 0.05) is 22.2 Å². The van der Waals surface area contributed by atoms with Gasteiger partial charge in [0.05, 0.1) is 0 Å². The second-order valence-corrected chi connectivity index (χ2v) is 7.00. The van der Waals surface area contributed by atoms with Crippen molar-refractivity contribution in [2.24, 2.45) is 0 Å². The van der Waals surface area contributed by atoms with Crippen molar-refractivity contribution in [1.29, 1.82) is 0 Å². The van der Waals surface area contributed by atoms with Crippen molar-refractivity contribution in [3.05, 3.63) is 107 Å². The molecule has 3 aromatic carbocycles. The minimum Gasteiger partial charge on any atom is -0.489 e. The molecule has 0 radical (unpaired) electrons. The summed E-state index contributed by atoms with van der Waals surface area (Å²) in [4.78, 5) is 24.3. The maximum Gasteiger partial charge on any atom is 0.331 e. The first-order valence-corrected chi connectivity index (χ1v) is 9.85. The van der Waals surface area contributed by atoms with Crippen LogP contribution in [0.2, 0.25) is 5.02 Å². The smallest absolute Gasteiger partial charge is 0.331 e. The summed E-state index contributed by atoms with van der Waals surface area (Å²) >= 11 is 6.12. The van der Waals surface area contributed by atoms with Crippen LogP contribution in [0.15, 0.2) is 84.9 Å². The van der Waals surface area contributed by atoms with Gasteiger partial charge in [0.15, 0.2) is 6.10 Å². The van der Waals surface area contributed by atoms with Gasteiger partial charge in [0.2, 0.25) is 5.78 Å². The number of hydrogen-bond donors (Lipinski definition) is 0. The maximum absolute atomic E-state index is 12.3. The molecule has 0 spiro atoms. The Hall–Kier alpha value is -3.37. The summed E-state index contributed by atoms with van der Waals surface area (Å²) in [6.07, 6.45) is 2.07. The molecule has 0 aliphatic carbocycles. The zero-order valence-corrected chi connectivity index (χ0v) is 17.2. The summed E-state index contributed by atoms with van der Waals surface area (Å²) in [5, 5.41) is 0.663. The molecule has 5 heteroatoms. The molecular formula is C25H21ClO4. The van der Waals surface area contributed by atoms with Crippen LogP contribution in [0.5, 0.6) is 5.75 Å². The Morgan fingerprint density at radius 1 is 0.933 bits per heavy atom. The molecule has 0 aliphatic rings. The van der Waals surface area contributed by atoms with E-state index in [1.165, 1.54) is 6.08 Å². The largest absolute Gasteiger partial charge is 0.489 e. The van der Waals surface area contributed by atoms with E-state index in [0.29, 0.717) is 22.9 Å². The molecular weight excluding hydrogens is 400 g/mol. The monoisotopic (exact) mass is 420 g/mol. The highest BCUT2D eigenvalue weighted by Crippen LogP contribution is 2.19. The highest BCUT2D eigenvalue weighted by molar-refractivity contribution is 6.31. The standard InChI is InChI=1S/C25H21ClO4/c1-18(25(28)20-7-3-2-4-8-20)30-24(27)16-13-19-11-14-22(15-12-19)29-17-21-9-5-6-10-23(21)26/h2-16,18H,17H2,1H3/b16-13+/t18-/m1/s1. The van der Waals surface area contributed by atoms with Gasteiger partial charge >= 0.3 is 5.97 Å². The zero-order valence-electron chi connectivity index (χ0n) is 16.5. The lowest BCUT2D eigenvalue weighted by Crippen LogP contribution is -2.23. The number of halogens is 1. The van der Waals surface area contributed by atoms with Gasteiger partial charge in [-0.3, -0.25) is 4.79 Å². The van der Waals surface area contributed by atoms with E-state index in [1.807, 2.05) is 54.6 Å². The molecule has 0 saturated carbocycles. The van der Waals surface area contributed by atoms with Gasteiger partial charge in [0.25, 0.3) is 0 Å². The number of rotatable bonds is 8. The third-order valence-electron chi connectivity index (χ3n) is 4.36. The van der Waals surface area contributed by atoms with Crippen LogP contribution in [-0.4, -0.2) is 17.9 Å². The number of carbonyl (C=O) groups is 2. The normalized spacial score (nSPS) is 11.8. The lowest BCUT2D eigenvalue weighted by Gasteiger charge is -2.10. The third-order valence-corrected chi connectivity index (χ3v) is 4.73. The van der Waals surface area contributed by atoms with Gasteiger partial charge in [-0.15, -0.1) is 0 Å². The third kappa shape index (κ3) is 6.06. The Bertz CT molecular complexity index is 1030. The first-order valence-electron chi connectivity index (χ1n) is 9.47. The second kappa shape index (κ2) is 10.4. The van der Waals surface area contributed by atoms with Gasteiger partial charge in [-0.25, -0.2) is 4.79 Å². The van der Waals surface area contributed by atoms with Crippen molar-refractivity contribution in [3.63, 3.8) is 0 Å². The molecule has 4 nitrogen and oxygen atoms in total. The highest BCUT2D eigenvalue weighted by Gasteiger charge is 2.17.